The molecule has 0 saturated heterocycles. The largest absolute Gasteiger partial charge is 0.353 e. The summed E-state index contributed by atoms with van der Waals surface area (Å²) in [7, 11) is 0. The van der Waals surface area contributed by atoms with E-state index in [1.165, 1.54) is 11.1 Å². The predicted octanol–water partition coefficient (Wildman–Crippen LogP) is 3.62. The van der Waals surface area contributed by atoms with Gasteiger partial charge in [-0.25, -0.2) is 4.98 Å². The van der Waals surface area contributed by atoms with Crippen molar-refractivity contribution in [2.45, 2.75) is 40.7 Å². The minimum atomic E-state index is 0.372. The van der Waals surface area contributed by atoms with Gasteiger partial charge in [-0.05, 0) is 57.9 Å². The summed E-state index contributed by atoms with van der Waals surface area (Å²) in [5.41, 5.74) is 4.73. The Labute approximate surface area is 109 Å². The number of aryl methyl sites for hydroxylation is 3. The molecular weight excluding hydrogens is 222 g/mol. The second kappa shape index (κ2) is 4.84. The van der Waals surface area contributed by atoms with Crippen LogP contribution in [0.15, 0.2) is 24.4 Å². The second-order valence-electron chi connectivity index (χ2n) is 5.22. The molecule has 0 unspecified atom stereocenters. The first kappa shape index (κ1) is 12.7. The Hall–Kier alpha value is -1.77. The highest BCUT2D eigenvalue weighted by Crippen LogP contribution is 2.19. The third-order valence-electron chi connectivity index (χ3n) is 2.73. The molecule has 0 saturated carbocycles. The molecule has 0 atom stereocenters. The molecule has 0 radical (unpaired) electrons. The summed E-state index contributed by atoms with van der Waals surface area (Å²) < 4.78 is 2.12. The molecule has 0 fully saturated rings. The van der Waals surface area contributed by atoms with Gasteiger partial charge in [0.1, 0.15) is 0 Å². The van der Waals surface area contributed by atoms with E-state index in [0.717, 1.165) is 17.3 Å². The van der Waals surface area contributed by atoms with Crippen molar-refractivity contribution in [2.75, 3.05) is 5.32 Å². The third-order valence-corrected chi connectivity index (χ3v) is 2.73. The van der Waals surface area contributed by atoms with Gasteiger partial charge in [0.2, 0.25) is 5.95 Å². The van der Waals surface area contributed by atoms with E-state index in [0.29, 0.717) is 6.04 Å². The standard InChI is InChI=1S/C15H21N3/c1-10(2)16-15-17-13(5)9-18(15)14-7-11(3)6-12(4)8-14/h6-10H,1-5H3,(H,16,17). The summed E-state index contributed by atoms with van der Waals surface area (Å²) in [5.74, 6) is 0.910. The van der Waals surface area contributed by atoms with Crippen LogP contribution in [-0.2, 0) is 0 Å². The molecule has 2 rings (SSSR count). The Kier molecular flexibility index (Phi) is 3.41. The van der Waals surface area contributed by atoms with Gasteiger partial charge >= 0.3 is 0 Å². The van der Waals surface area contributed by atoms with Crippen LogP contribution in [0, 0.1) is 20.8 Å². The maximum atomic E-state index is 4.54. The summed E-state index contributed by atoms with van der Waals surface area (Å²) >= 11 is 0. The molecule has 1 aromatic heterocycles. The molecule has 18 heavy (non-hydrogen) atoms. The molecule has 1 heterocycles. The first-order valence-corrected chi connectivity index (χ1v) is 6.37. The molecule has 2 aromatic rings. The van der Waals surface area contributed by atoms with Crippen LogP contribution in [0.4, 0.5) is 5.95 Å². The molecule has 0 spiro atoms. The molecule has 0 aliphatic carbocycles. The quantitative estimate of drug-likeness (QED) is 0.892. The number of benzene rings is 1. The SMILES string of the molecule is Cc1cc(C)cc(-n2cc(C)nc2NC(C)C)c1. The van der Waals surface area contributed by atoms with Gasteiger partial charge in [0, 0.05) is 17.9 Å². The van der Waals surface area contributed by atoms with Crippen molar-refractivity contribution in [1.29, 1.82) is 0 Å². The molecule has 96 valence electrons. The molecule has 0 bridgehead atoms. The van der Waals surface area contributed by atoms with Crippen LogP contribution in [0.25, 0.3) is 5.69 Å². The molecule has 3 nitrogen and oxygen atoms in total. The zero-order valence-corrected chi connectivity index (χ0v) is 11.8. The Balaban J connectivity index is 2.49. The van der Waals surface area contributed by atoms with E-state index in [1.807, 2.05) is 6.92 Å². The number of nitrogens with one attached hydrogen (secondary N) is 1. The van der Waals surface area contributed by atoms with Crippen molar-refractivity contribution < 1.29 is 0 Å². The van der Waals surface area contributed by atoms with E-state index < -0.39 is 0 Å². The van der Waals surface area contributed by atoms with Crippen LogP contribution in [0.1, 0.15) is 30.7 Å². The van der Waals surface area contributed by atoms with Crippen LogP contribution in [-0.4, -0.2) is 15.6 Å². The lowest BCUT2D eigenvalue weighted by molar-refractivity contribution is 0.863. The minimum absolute atomic E-state index is 0.372. The first-order chi connectivity index (χ1) is 8.45. The van der Waals surface area contributed by atoms with Gasteiger partial charge in [-0.15, -0.1) is 0 Å². The van der Waals surface area contributed by atoms with Crippen molar-refractivity contribution in [3.05, 3.63) is 41.2 Å². The fraction of sp³-hybridized carbons (Fsp3) is 0.400. The average Bonchev–Trinajstić information content (AvgIpc) is 2.56. The Morgan fingerprint density at radius 3 is 2.22 bits per heavy atom. The van der Waals surface area contributed by atoms with Crippen LogP contribution >= 0.6 is 0 Å². The summed E-state index contributed by atoms with van der Waals surface area (Å²) in [4.78, 5) is 4.54. The van der Waals surface area contributed by atoms with Gasteiger partial charge in [0.15, 0.2) is 0 Å². The van der Waals surface area contributed by atoms with E-state index in [2.05, 4.69) is 67.0 Å². The number of rotatable bonds is 3. The topological polar surface area (TPSA) is 29.9 Å². The smallest absolute Gasteiger partial charge is 0.207 e. The maximum Gasteiger partial charge on any atom is 0.207 e. The van der Waals surface area contributed by atoms with Gasteiger partial charge in [-0.2, -0.15) is 0 Å². The van der Waals surface area contributed by atoms with Crippen molar-refractivity contribution in [2.24, 2.45) is 0 Å². The highest BCUT2D eigenvalue weighted by Gasteiger charge is 2.09. The van der Waals surface area contributed by atoms with Crippen LogP contribution < -0.4 is 5.32 Å². The van der Waals surface area contributed by atoms with E-state index in [9.17, 15) is 0 Å². The number of aromatic nitrogens is 2. The molecule has 3 heteroatoms. The summed E-state index contributed by atoms with van der Waals surface area (Å²) in [6.45, 7) is 10.5. The van der Waals surface area contributed by atoms with Crippen LogP contribution in [0.3, 0.4) is 0 Å². The monoisotopic (exact) mass is 243 g/mol. The summed E-state index contributed by atoms with van der Waals surface area (Å²) in [6, 6.07) is 6.92. The predicted molar refractivity (Wildman–Crippen MR) is 76.5 cm³/mol. The fourth-order valence-electron chi connectivity index (χ4n) is 2.14. The minimum Gasteiger partial charge on any atom is -0.353 e. The van der Waals surface area contributed by atoms with Gasteiger partial charge < -0.3 is 5.32 Å². The maximum absolute atomic E-state index is 4.54. The Bertz CT molecular complexity index is 533. The lowest BCUT2D eigenvalue weighted by Gasteiger charge is -2.13. The highest BCUT2D eigenvalue weighted by molar-refractivity contribution is 5.46. The lowest BCUT2D eigenvalue weighted by Crippen LogP contribution is -2.14. The normalized spacial score (nSPS) is 11.0. The van der Waals surface area contributed by atoms with Gasteiger partial charge in [-0.3, -0.25) is 4.57 Å². The van der Waals surface area contributed by atoms with Gasteiger partial charge in [0.05, 0.1) is 5.69 Å². The fourth-order valence-corrected chi connectivity index (χ4v) is 2.14. The molecule has 0 aliphatic rings. The van der Waals surface area contributed by atoms with E-state index >= 15 is 0 Å². The molecular formula is C15H21N3. The highest BCUT2D eigenvalue weighted by atomic mass is 15.2. The van der Waals surface area contributed by atoms with Crippen molar-refractivity contribution >= 4 is 5.95 Å². The Morgan fingerprint density at radius 2 is 1.67 bits per heavy atom. The van der Waals surface area contributed by atoms with E-state index in [4.69, 9.17) is 0 Å². The zero-order valence-electron chi connectivity index (χ0n) is 11.8. The number of nitrogens with zero attached hydrogens (tertiary/aromatic N) is 2. The van der Waals surface area contributed by atoms with Crippen LogP contribution in [0.2, 0.25) is 0 Å². The number of hydrogen-bond acceptors (Lipinski definition) is 2. The van der Waals surface area contributed by atoms with E-state index in [-0.39, 0.29) is 0 Å². The zero-order chi connectivity index (χ0) is 13.3. The number of hydrogen-bond donors (Lipinski definition) is 1. The van der Waals surface area contributed by atoms with Crippen LogP contribution in [0.5, 0.6) is 0 Å². The van der Waals surface area contributed by atoms with Crippen molar-refractivity contribution in [3.8, 4) is 5.69 Å². The summed E-state index contributed by atoms with van der Waals surface area (Å²) in [5, 5.41) is 3.38. The second-order valence-corrected chi connectivity index (χ2v) is 5.22. The Morgan fingerprint density at radius 1 is 1.06 bits per heavy atom. The van der Waals surface area contributed by atoms with E-state index in [1.54, 1.807) is 0 Å². The van der Waals surface area contributed by atoms with Crippen molar-refractivity contribution in [1.82, 2.24) is 9.55 Å². The number of anilines is 1. The average molecular weight is 243 g/mol. The molecule has 0 aliphatic heterocycles. The van der Waals surface area contributed by atoms with Gasteiger partial charge in [-0.1, -0.05) is 6.07 Å². The first-order valence-electron chi connectivity index (χ1n) is 6.37. The molecule has 0 amide bonds. The molecule has 1 N–H and O–H groups in total. The number of imidazole rings is 1. The lowest BCUT2D eigenvalue weighted by atomic mass is 10.1. The molecule has 1 aromatic carbocycles. The third kappa shape index (κ3) is 2.73. The van der Waals surface area contributed by atoms with Gasteiger partial charge in [0.25, 0.3) is 0 Å². The van der Waals surface area contributed by atoms with Crippen molar-refractivity contribution in [3.63, 3.8) is 0 Å². The summed E-state index contributed by atoms with van der Waals surface area (Å²) in [6.07, 6.45) is 2.07.